The molecule has 0 aliphatic carbocycles. The summed E-state index contributed by atoms with van der Waals surface area (Å²) in [6, 6.07) is 8.12. The molecule has 1 aromatic rings. The summed E-state index contributed by atoms with van der Waals surface area (Å²) < 4.78 is 0. The minimum atomic E-state index is 1.03. The van der Waals surface area contributed by atoms with Crippen molar-refractivity contribution in [3.63, 3.8) is 0 Å². The Balaban J connectivity index is 2.52. The molecule has 0 saturated carbocycles. The van der Waals surface area contributed by atoms with Gasteiger partial charge in [-0.05, 0) is 18.6 Å². The van der Waals surface area contributed by atoms with Gasteiger partial charge in [-0.1, -0.05) is 36.4 Å². The first-order chi connectivity index (χ1) is 6.36. The van der Waals surface area contributed by atoms with Crippen molar-refractivity contribution in [1.82, 2.24) is 0 Å². The maximum atomic E-state index is 4.38. The van der Waals surface area contributed by atoms with Gasteiger partial charge in [0.15, 0.2) is 0 Å². The van der Waals surface area contributed by atoms with E-state index in [2.05, 4.69) is 29.3 Å². The Hall–Kier alpha value is -1.63. The van der Waals surface area contributed by atoms with Crippen molar-refractivity contribution >= 4 is 18.0 Å². The van der Waals surface area contributed by atoms with Crippen LogP contribution in [0.25, 0.3) is 6.08 Å². The van der Waals surface area contributed by atoms with Crippen LogP contribution in [0.2, 0.25) is 0 Å². The Kier molecular flexibility index (Phi) is 2.09. The predicted molar refractivity (Wildman–Crippen MR) is 57.4 cm³/mol. The van der Waals surface area contributed by atoms with Crippen LogP contribution in [0.1, 0.15) is 12.5 Å². The van der Waals surface area contributed by atoms with E-state index in [9.17, 15) is 0 Å². The highest BCUT2D eigenvalue weighted by atomic mass is 14.7. The fourth-order valence-electron chi connectivity index (χ4n) is 1.26. The molecule has 0 fully saturated rings. The predicted octanol–water partition coefficient (Wildman–Crippen LogP) is 3.36. The zero-order chi connectivity index (χ0) is 9.10. The lowest BCUT2D eigenvalue weighted by molar-refractivity contribution is 1.48. The maximum Gasteiger partial charge on any atom is 0.0702 e. The van der Waals surface area contributed by atoms with E-state index in [-0.39, 0.29) is 0 Å². The van der Waals surface area contributed by atoms with Crippen LogP contribution in [0.5, 0.6) is 0 Å². The molecule has 1 aromatic carbocycles. The topological polar surface area (TPSA) is 12.4 Å². The Labute approximate surface area is 78.1 Å². The van der Waals surface area contributed by atoms with Crippen LogP contribution in [0.4, 0.5) is 5.69 Å². The van der Waals surface area contributed by atoms with Crippen molar-refractivity contribution < 1.29 is 0 Å². The average Bonchev–Trinajstić information content (AvgIpc) is 2.13. The first-order valence-corrected chi connectivity index (χ1v) is 4.34. The van der Waals surface area contributed by atoms with Gasteiger partial charge in [0.05, 0.1) is 5.69 Å². The van der Waals surface area contributed by atoms with Crippen LogP contribution >= 0.6 is 0 Å². The molecular formula is C12H11N. The van der Waals surface area contributed by atoms with Crippen LogP contribution in [-0.2, 0) is 0 Å². The van der Waals surface area contributed by atoms with E-state index in [1.54, 1.807) is 0 Å². The number of para-hydroxylation sites is 1. The number of allylic oxidation sites excluding steroid dienone is 3. The molecule has 0 N–H and O–H groups in total. The third-order valence-electron chi connectivity index (χ3n) is 1.98. The summed E-state index contributed by atoms with van der Waals surface area (Å²) in [7, 11) is 0. The van der Waals surface area contributed by atoms with Gasteiger partial charge in [0.1, 0.15) is 0 Å². The second kappa shape index (κ2) is 3.40. The van der Waals surface area contributed by atoms with Crippen LogP contribution in [0, 0.1) is 0 Å². The van der Waals surface area contributed by atoms with Gasteiger partial charge >= 0.3 is 0 Å². The summed E-state index contributed by atoms with van der Waals surface area (Å²) in [4.78, 5) is 4.38. The number of rotatable bonds is 0. The summed E-state index contributed by atoms with van der Waals surface area (Å²) in [6.45, 7) is 2.04. The van der Waals surface area contributed by atoms with Crippen LogP contribution in [-0.4, -0.2) is 6.21 Å². The minimum Gasteiger partial charge on any atom is -0.256 e. The number of fused-ring (bicyclic) bond motifs is 1. The van der Waals surface area contributed by atoms with E-state index >= 15 is 0 Å². The molecule has 2 rings (SSSR count). The van der Waals surface area contributed by atoms with Crippen LogP contribution in [0.15, 0.2) is 47.0 Å². The molecule has 1 nitrogen and oxygen atoms in total. The molecule has 0 unspecified atom stereocenters. The molecule has 0 amide bonds. The van der Waals surface area contributed by atoms with Crippen LogP contribution < -0.4 is 0 Å². The quantitative estimate of drug-likeness (QED) is 0.564. The Morgan fingerprint density at radius 3 is 2.92 bits per heavy atom. The molecule has 0 saturated heterocycles. The van der Waals surface area contributed by atoms with E-state index in [4.69, 9.17) is 0 Å². The molecule has 0 radical (unpaired) electrons. The molecule has 1 heterocycles. The summed E-state index contributed by atoms with van der Waals surface area (Å²) >= 11 is 0. The van der Waals surface area contributed by atoms with Gasteiger partial charge in [-0.2, -0.15) is 0 Å². The van der Waals surface area contributed by atoms with Gasteiger partial charge in [0.2, 0.25) is 0 Å². The lowest BCUT2D eigenvalue weighted by Gasteiger charge is -2.01. The summed E-state index contributed by atoms with van der Waals surface area (Å²) in [5.74, 6) is 0. The van der Waals surface area contributed by atoms with Crippen molar-refractivity contribution in [1.29, 1.82) is 0 Å². The SMILES string of the molecule is CC1=C/C=C\c2ccccc2N=C1. The molecule has 0 aromatic heterocycles. The molecule has 1 aliphatic rings. The van der Waals surface area contributed by atoms with Crippen molar-refractivity contribution in [2.45, 2.75) is 6.92 Å². The van der Waals surface area contributed by atoms with E-state index in [0.717, 1.165) is 5.69 Å². The van der Waals surface area contributed by atoms with Gasteiger partial charge in [-0.3, -0.25) is 4.99 Å². The number of aliphatic imine (C=N–C) groups is 1. The van der Waals surface area contributed by atoms with Crippen molar-refractivity contribution in [3.8, 4) is 0 Å². The highest BCUT2D eigenvalue weighted by Gasteiger charge is 1.96. The fraction of sp³-hybridized carbons (Fsp3) is 0.0833. The normalized spacial score (nSPS) is 16.8. The van der Waals surface area contributed by atoms with Gasteiger partial charge in [-0.25, -0.2) is 0 Å². The standard InChI is InChI=1S/C12H11N/c1-10-5-4-7-11-6-2-3-8-12(11)13-9-10/h2-9H,1H3/b5-4?,7-4-,10-5?,10-9?,11-7?,13-9?,13-12?. The maximum absolute atomic E-state index is 4.38. The second-order valence-electron chi connectivity index (χ2n) is 3.09. The van der Waals surface area contributed by atoms with E-state index in [1.807, 2.05) is 31.3 Å². The van der Waals surface area contributed by atoms with Crippen molar-refractivity contribution in [3.05, 3.63) is 47.6 Å². The summed E-state index contributed by atoms with van der Waals surface area (Å²) in [6.07, 6.45) is 8.08. The molecule has 0 spiro atoms. The Morgan fingerprint density at radius 1 is 1.15 bits per heavy atom. The smallest absolute Gasteiger partial charge is 0.0702 e. The Bertz CT molecular complexity index is 397. The lowest BCUT2D eigenvalue weighted by atomic mass is 10.1. The second-order valence-corrected chi connectivity index (χ2v) is 3.09. The number of benzene rings is 1. The van der Waals surface area contributed by atoms with E-state index in [0.29, 0.717) is 0 Å². The summed E-state index contributed by atoms with van der Waals surface area (Å²) in [5, 5.41) is 0. The van der Waals surface area contributed by atoms with Crippen molar-refractivity contribution in [2.24, 2.45) is 4.99 Å². The number of hydrogen-bond donors (Lipinski definition) is 0. The summed E-state index contributed by atoms with van der Waals surface area (Å²) in [5.41, 5.74) is 3.37. The largest absolute Gasteiger partial charge is 0.256 e. The fourth-order valence-corrected chi connectivity index (χ4v) is 1.26. The van der Waals surface area contributed by atoms with Gasteiger partial charge in [0, 0.05) is 11.8 Å². The lowest BCUT2D eigenvalue weighted by Crippen LogP contribution is -1.81. The number of nitrogens with zero attached hydrogens (tertiary/aromatic N) is 1. The molecule has 0 bridgehead atoms. The van der Waals surface area contributed by atoms with Gasteiger partial charge in [-0.15, -0.1) is 0 Å². The molecule has 13 heavy (non-hydrogen) atoms. The first kappa shape index (κ1) is 7.99. The average molecular weight is 169 g/mol. The van der Waals surface area contributed by atoms with Gasteiger partial charge in [0.25, 0.3) is 0 Å². The van der Waals surface area contributed by atoms with Gasteiger partial charge < -0.3 is 0 Å². The number of hydrogen-bond acceptors (Lipinski definition) is 1. The molecular weight excluding hydrogens is 158 g/mol. The molecule has 0 atom stereocenters. The first-order valence-electron chi connectivity index (χ1n) is 4.34. The zero-order valence-corrected chi connectivity index (χ0v) is 7.57. The monoisotopic (exact) mass is 169 g/mol. The Morgan fingerprint density at radius 2 is 2.00 bits per heavy atom. The van der Waals surface area contributed by atoms with E-state index < -0.39 is 0 Å². The molecule has 1 aliphatic heterocycles. The molecule has 64 valence electrons. The van der Waals surface area contributed by atoms with E-state index in [1.165, 1.54) is 11.1 Å². The van der Waals surface area contributed by atoms with Crippen LogP contribution in [0.3, 0.4) is 0 Å². The minimum absolute atomic E-state index is 1.03. The highest BCUT2D eigenvalue weighted by Crippen LogP contribution is 2.21. The highest BCUT2D eigenvalue weighted by molar-refractivity contribution is 5.84. The third-order valence-corrected chi connectivity index (χ3v) is 1.98. The van der Waals surface area contributed by atoms with Crippen molar-refractivity contribution in [2.75, 3.05) is 0 Å². The third kappa shape index (κ3) is 1.75. The molecule has 1 heteroatoms. The zero-order valence-electron chi connectivity index (χ0n) is 7.57.